The molecule has 0 rings (SSSR count). The summed E-state index contributed by atoms with van der Waals surface area (Å²) in [4.78, 5) is 10.4. The number of hydrogen-bond donors (Lipinski definition) is 3. The lowest BCUT2D eigenvalue weighted by Gasteiger charge is -2.14. The maximum atomic E-state index is 10.4. The summed E-state index contributed by atoms with van der Waals surface area (Å²) in [5.41, 5.74) is 0. The van der Waals surface area contributed by atoms with Crippen LogP contribution in [0.15, 0.2) is 48.6 Å². The van der Waals surface area contributed by atoms with Crippen molar-refractivity contribution >= 4 is 5.97 Å². The fraction of sp³-hybridized carbons (Fsp3) is 0.591. The number of allylic oxidation sites excluding steroid dienone is 6. The molecule has 0 aliphatic rings. The minimum absolute atomic E-state index is 0.270. The van der Waals surface area contributed by atoms with E-state index in [1.54, 1.807) is 0 Å². The Labute approximate surface area is 158 Å². The zero-order valence-electron chi connectivity index (χ0n) is 16.1. The second kappa shape index (κ2) is 18.2. The molecule has 0 saturated heterocycles. The monoisotopic (exact) mass is 364 g/mol. The van der Waals surface area contributed by atoms with Crippen LogP contribution in [0.4, 0.5) is 0 Å². The van der Waals surface area contributed by atoms with Crippen molar-refractivity contribution in [2.75, 3.05) is 0 Å². The Balaban J connectivity index is 3.61. The molecule has 0 aliphatic heterocycles. The number of carboxylic acids is 1. The molecule has 0 aromatic rings. The summed E-state index contributed by atoms with van der Waals surface area (Å²) >= 11 is 0. The lowest BCUT2D eigenvalue weighted by molar-refractivity contribution is -0.137. The highest BCUT2D eigenvalue weighted by molar-refractivity contribution is 5.66. The average Bonchev–Trinajstić information content (AvgIpc) is 2.61. The zero-order valence-corrected chi connectivity index (χ0v) is 16.1. The quantitative estimate of drug-likeness (QED) is 0.268. The van der Waals surface area contributed by atoms with Gasteiger partial charge in [0.25, 0.3) is 0 Å². The molecule has 2 atom stereocenters. The Morgan fingerprint density at radius 1 is 0.769 bits per heavy atom. The molecule has 3 N–H and O–H groups in total. The van der Waals surface area contributed by atoms with Crippen LogP contribution in [0.1, 0.15) is 71.1 Å². The molecule has 4 heteroatoms. The van der Waals surface area contributed by atoms with Gasteiger partial charge in [0.1, 0.15) is 0 Å². The van der Waals surface area contributed by atoms with Crippen molar-refractivity contribution in [2.45, 2.75) is 83.3 Å². The summed E-state index contributed by atoms with van der Waals surface area (Å²) in [6, 6.07) is 0. The van der Waals surface area contributed by atoms with Crippen LogP contribution in [-0.2, 0) is 4.79 Å². The summed E-state index contributed by atoms with van der Waals surface area (Å²) in [5, 5.41) is 28.1. The number of carboxylic acid groups (broad SMARTS) is 1. The molecule has 0 radical (unpaired) electrons. The topological polar surface area (TPSA) is 77.8 Å². The standard InChI is InChI=1S/C22H36O4/c1-2-3-14-17-20(23)21(24)18-15-12-10-8-6-4-5-7-9-11-13-16-19-22(25)26/h3,5-8,12,14-15,20-21,23-24H,2,4,9-11,13,16-19H2,1H3,(H,25,26). The van der Waals surface area contributed by atoms with Crippen LogP contribution in [0.25, 0.3) is 0 Å². The van der Waals surface area contributed by atoms with E-state index in [1.807, 2.05) is 31.2 Å². The zero-order chi connectivity index (χ0) is 19.5. The van der Waals surface area contributed by atoms with Gasteiger partial charge in [0.05, 0.1) is 12.2 Å². The first kappa shape index (κ1) is 24.4. The summed E-state index contributed by atoms with van der Waals surface area (Å²) in [6.45, 7) is 2.04. The SMILES string of the molecule is CCC=CCC(O)C(O)CC=CCC=CCC=CCCCCCC(=O)O. The van der Waals surface area contributed by atoms with Crippen LogP contribution in [0, 0.1) is 0 Å². The number of aliphatic hydroxyl groups is 2. The molecule has 0 heterocycles. The fourth-order valence-electron chi connectivity index (χ4n) is 2.33. The average molecular weight is 365 g/mol. The number of aliphatic hydroxyl groups excluding tert-OH is 2. The molecule has 0 aromatic carbocycles. The van der Waals surface area contributed by atoms with E-state index in [1.165, 1.54) is 0 Å². The molecule has 2 unspecified atom stereocenters. The molecule has 0 saturated carbocycles. The predicted molar refractivity (Wildman–Crippen MR) is 108 cm³/mol. The van der Waals surface area contributed by atoms with Crippen LogP contribution in [0.3, 0.4) is 0 Å². The van der Waals surface area contributed by atoms with E-state index in [0.29, 0.717) is 12.8 Å². The predicted octanol–water partition coefficient (Wildman–Crippen LogP) is 4.94. The third kappa shape index (κ3) is 17.2. The number of rotatable bonds is 16. The third-order valence-electron chi connectivity index (χ3n) is 3.91. The smallest absolute Gasteiger partial charge is 0.303 e. The van der Waals surface area contributed by atoms with Crippen molar-refractivity contribution in [1.82, 2.24) is 0 Å². The third-order valence-corrected chi connectivity index (χ3v) is 3.91. The maximum Gasteiger partial charge on any atom is 0.303 e. The first-order valence-electron chi connectivity index (χ1n) is 9.75. The van der Waals surface area contributed by atoms with Crippen LogP contribution in [0.5, 0.6) is 0 Å². The van der Waals surface area contributed by atoms with Crippen LogP contribution < -0.4 is 0 Å². The van der Waals surface area contributed by atoms with Crippen molar-refractivity contribution in [3.8, 4) is 0 Å². The highest BCUT2D eigenvalue weighted by atomic mass is 16.4. The number of aliphatic carboxylic acids is 1. The summed E-state index contributed by atoms with van der Waals surface area (Å²) in [5.74, 6) is -0.713. The highest BCUT2D eigenvalue weighted by Gasteiger charge is 2.12. The van der Waals surface area contributed by atoms with Gasteiger partial charge in [-0.2, -0.15) is 0 Å². The first-order valence-corrected chi connectivity index (χ1v) is 9.75. The van der Waals surface area contributed by atoms with Gasteiger partial charge in [-0.3, -0.25) is 4.79 Å². The van der Waals surface area contributed by atoms with Crippen molar-refractivity contribution in [3.63, 3.8) is 0 Å². The molecule has 0 bridgehead atoms. The van der Waals surface area contributed by atoms with Crippen LogP contribution >= 0.6 is 0 Å². The number of carbonyl (C=O) groups is 1. The van der Waals surface area contributed by atoms with Gasteiger partial charge in [-0.25, -0.2) is 0 Å². The van der Waals surface area contributed by atoms with E-state index >= 15 is 0 Å². The van der Waals surface area contributed by atoms with Gasteiger partial charge in [-0.05, 0) is 51.4 Å². The van der Waals surface area contributed by atoms with Crippen LogP contribution in [0.2, 0.25) is 0 Å². The first-order chi connectivity index (χ1) is 12.6. The van der Waals surface area contributed by atoms with E-state index in [4.69, 9.17) is 5.11 Å². The second-order valence-corrected chi connectivity index (χ2v) is 6.36. The summed E-state index contributed by atoms with van der Waals surface area (Å²) in [7, 11) is 0. The molecule has 0 spiro atoms. The molecule has 0 fully saturated rings. The molecule has 148 valence electrons. The minimum Gasteiger partial charge on any atom is -0.481 e. The fourth-order valence-corrected chi connectivity index (χ4v) is 2.33. The number of hydrogen-bond acceptors (Lipinski definition) is 3. The minimum atomic E-state index is -0.713. The van der Waals surface area contributed by atoms with Crippen molar-refractivity contribution in [1.29, 1.82) is 0 Å². The van der Waals surface area contributed by atoms with Gasteiger partial charge in [0, 0.05) is 6.42 Å². The molecule has 26 heavy (non-hydrogen) atoms. The van der Waals surface area contributed by atoms with Gasteiger partial charge in [0.2, 0.25) is 0 Å². The molecular weight excluding hydrogens is 328 g/mol. The van der Waals surface area contributed by atoms with E-state index in [2.05, 4.69) is 24.3 Å². The maximum absolute atomic E-state index is 10.4. The summed E-state index contributed by atoms with van der Waals surface area (Å²) < 4.78 is 0. The normalized spacial score (nSPS) is 14.9. The van der Waals surface area contributed by atoms with Crippen molar-refractivity contribution in [3.05, 3.63) is 48.6 Å². The molecule has 4 nitrogen and oxygen atoms in total. The highest BCUT2D eigenvalue weighted by Crippen LogP contribution is 2.06. The molecule has 0 amide bonds. The molecular formula is C22H36O4. The van der Waals surface area contributed by atoms with Gasteiger partial charge in [-0.15, -0.1) is 0 Å². The largest absolute Gasteiger partial charge is 0.481 e. The van der Waals surface area contributed by atoms with Crippen LogP contribution in [-0.4, -0.2) is 33.5 Å². The van der Waals surface area contributed by atoms with E-state index < -0.39 is 18.2 Å². The van der Waals surface area contributed by atoms with E-state index in [-0.39, 0.29) is 6.42 Å². The van der Waals surface area contributed by atoms with Gasteiger partial charge in [-0.1, -0.05) is 62.0 Å². The van der Waals surface area contributed by atoms with Gasteiger partial charge < -0.3 is 15.3 Å². The molecule has 0 aromatic heterocycles. The Morgan fingerprint density at radius 2 is 1.31 bits per heavy atom. The van der Waals surface area contributed by atoms with E-state index in [9.17, 15) is 15.0 Å². The lowest BCUT2D eigenvalue weighted by atomic mass is 10.1. The Bertz CT molecular complexity index is 449. The van der Waals surface area contributed by atoms with Gasteiger partial charge >= 0.3 is 5.97 Å². The van der Waals surface area contributed by atoms with Crippen molar-refractivity contribution in [2.24, 2.45) is 0 Å². The Hall–Kier alpha value is -1.65. The summed E-state index contributed by atoms with van der Waals surface area (Å²) in [6.07, 6.45) is 22.5. The lowest BCUT2D eigenvalue weighted by Crippen LogP contribution is -2.24. The van der Waals surface area contributed by atoms with Gasteiger partial charge in [0.15, 0.2) is 0 Å². The Kier molecular flexibility index (Phi) is 17.0. The van der Waals surface area contributed by atoms with E-state index in [0.717, 1.165) is 44.9 Å². The number of unbranched alkanes of at least 4 members (excludes halogenated alkanes) is 3. The second-order valence-electron chi connectivity index (χ2n) is 6.36. The van der Waals surface area contributed by atoms with Crippen molar-refractivity contribution < 1.29 is 20.1 Å². The molecule has 0 aliphatic carbocycles. The Morgan fingerprint density at radius 3 is 1.88 bits per heavy atom.